The van der Waals surface area contributed by atoms with Gasteiger partial charge < -0.3 is 14.2 Å². The number of rotatable bonds is 7. The van der Waals surface area contributed by atoms with Crippen molar-refractivity contribution >= 4 is 37.9 Å². The van der Waals surface area contributed by atoms with Gasteiger partial charge in [0, 0.05) is 58.1 Å². The van der Waals surface area contributed by atoms with Gasteiger partial charge in [-0.15, -0.1) is 0 Å². The Bertz CT molecular complexity index is 1690. The minimum atomic E-state index is -3.00. The van der Waals surface area contributed by atoms with Crippen molar-refractivity contribution in [3.63, 3.8) is 0 Å². The summed E-state index contributed by atoms with van der Waals surface area (Å²) in [6, 6.07) is 8.04. The predicted molar refractivity (Wildman–Crippen MR) is 159 cm³/mol. The van der Waals surface area contributed by atoms with Crippen LogP contribution in [0, 0.1) is 6.92 Å². The number of morpholine rings is 1. The van der Waals surface area contributed by atoms with Crippen molar-refractivity contribution in [2.45, 2.75) is 32.9 Å². The largest absolute Gasteiger partial charge is 0.378 e. The molecule has 0 atom stereocenters. The smallest absolute Gasteiger partial charge is 0.239 e. The molecule has 0 radical (unpaired) electrons. The van der Waals surface area contributed by atoms with Crippen molar-refractivity contribution in [3.05, 3.63) is 35.9 Å². The van der Waals surface area contributed by atoms with Gasteiger partial charge in [0.15, 0.2) is 17.0 Å². The number of fused-ring (bicyclic) bond motifs is 2. The van der Waals surface area contributed by atoms with Crippen LogP contribution in [-0.2, 0) is 28.2 Å². The van der Waals surface area contributed by atoms with E-state index in [9.17, 15) is 8.42 Å². The Balaban J connectivity index is 1.35. The molecule has 5 heterocycles. The number of ether oxygens (including phenoxy) is 1. The van der Waals surface area contributed by atoms with Gasteiger partial charge in [0.05, 0.1) is 36.5 Å². The van der Waals surface area contributed by atoms with E-state index in [1.165, 1.54) is 6.26 Å². The van der Waals surface area contributed by atoms with E-state index < -0.39 is 9.84 Å². The number of benzene rings is 1. The molecule has 220 valence electrons. The van der Waals surface area contributed by atoms with Crippen molar-refractivity contribution in [1.82, 2.24) is 38.9 Å². The first-order valence-corrected chi connectivity index (χ1v) is 16.2. The minimum absolute atomic E-state index is 0.153. The summed E-state index contributed by atoms with van der Waals surface area (Å²) in [5.74, 6) is 3.34. The van der Waals surface area contributed by atoms with E-state index in [0.717, 1.165) is 72.4 Å². The van der Waals surface area contributed by atoms with Gasteiger partial charge in [0.25, 0.3) is 0 Å². The summed E-state index contributed by atoms with van der Waals surface area (Å²) in [5.41, 5.74) is 3.30. The van der Waals surface area contributed by atoms with Crippen molar-refractivity contribution < 1.29 is 13.2 Å². The lowest BCUT2D eigenvalue weighted by atomic mass is 9.99. The zero-order valence-electron chi connectivity index (χ0n) is 24.5. The molecule has 12 nitrogen and oxygen atoms in total. The SMILES string of the molecule is Cc1nc2ccccc2n1-c1nc(N2CCOCC2)c2nc(CN3CCN(CCS(C)(=O)=O)C(C)(C)C3)n(C)c2n1. The highest BCUT2D eigenvalue weighted by Gasteiger charge is 2.34. The summed E-state index contributed by atoms with van der Waals surface area (Å²) in [4.78, 5) is 26.9. The fraction of sp³-hybridized carbons (Fsp3) is 0.571. The topological polar surface area (TPSA) is 115 Å². The molecule has 2 aliphatic rings. The lowest BCUT2D eigenvalue weighted by Crippen LogP contribution is -2.59. The van der Waals surface area contributed by atoms with Crippen molar-refractivity contribution in [1.29, 1.82) is 0 Å². The summed E-state index contributed by atoms with van der Waals surface area (Å²) in [5, 5.41) is 0. The number of anilines is 1. The quantitative estimate of drug-likeness (QED) is 0.320. The fourth-order valence-corrected chi connectivity index (χ4v) is 6.58. The monoisotopic (exact) mass is 581 g/mol. The Morgan fingerprint density at radius 2 is 1.76 bits per heavy atom. The number of piperazine rings is 1. The van der Waals surface area contributed by atoms with E-state index in [1.807, 2.05) is 42.8 Å². The molecular formula is C28H39N9O3S. The number of aryl methyl sites for hydroxylation is 2. The van der Waals surface area contributed by atoms with Crippen LogP contribution in [0.5, 0.6) is 0 Å². The Labute approximate surface area is 240 Å². The molecule has 0 amide bonds. The van der Waals surface area contributed by atoms with Crippen LogP contribution in [0.15, 0.2) is 24.3 Å². The molecule has 3 aromatic heterocycles. The Morgan fingerprint density at radius 1 is 1.00 bits per heavy atom. The summed E-state index contributed by atoms with van der Waals surface area (Å²) >= 11 is 0. The lowest BCUT2D eigenvalue weighted by molar-refractivity contribution is 0.0193. The third-order valence-electron chi connectivity index (χ3n) is 8.27. The van der Waals surface area contributed by atoms with Gasteiger partial charge in [-0.05, 0) is 32.9 Å². The van der Waals surface area contributed by atoms with Crippen LogP contribution in [0.4, 0.5) is 5.82 Å². The predicted octanol–water partition coefficient (Wildman–Crippen LogP) is 1.79. The van der Waals surface area contributed by atoms with Gasteiger partial charge in [0.1, 0.15) is 21.5 Å². The molecule has 0 unspecified atom stereocenters. The van der Waals surface area contributed by atoms with Crippen molar-refractivity contribution in [2.24, 2.45) is 7.05 Å². The van der Waals surface area contributed by atoms with Gasteiger partial charge in [0.2, 0.25) is 5.95 Å². The van der Waals surface area contributed by atoms with E-state index in [2.05, 4.69) is 33.1 Å². The van der Waals surface area contributed by atoms with Crippen LogP contribution < -0.4 is 4.90 Å². The van der Waals surface area contributed by atoms with E-state index in [-0.39, 0.29) is 11.3 Å². The van der Waals surface area contributed by atoms with Gasteiger partial charge in [-0.3, -0.25) is 14.4 Å². The van der Waals surface area contributed by atoms with E-state index in [0.29, 0.717) is 32.3 Å². The standard InChI is InChI=1S/C28H39N9O3S/c1-20-29-21-8-6-7-9-22(21)37(20)27-31-25-24(26(32-27)35-12-15-40-16-13-35)30-23(33(25)4)18-34-10-11-36(28(2,3)19-34)14-17-41(5,38)39/h6-9H,10-19H2,1-5H3. The lowest BCUT2D eigenvalue weighted by Gasteiger charge is -2.47. The molecule has 2 saturated heterocycles. The van der Waals surface area contributed by atoms with Crippen molar-refractivity contribution in [3.8, 4) is 5.95 Å². The number of para-hydroxylation sites is 2. The second-order valence-electron chi connectivity index (χ2n) is 11.8. The first-order chi connectivity index (χ1) is 19.5. The number of imidazole rings is 2. The van der Waals surface area contributed by atoms with Gasteiger partial charge in [-0.2, -0.15) is 9.97 Å². The van der Waals surface area contributed by atoms with Crippen LogP contribution in [-0.4, -0.2) is 117 Å². The van der Waals surface area contributed by atoms with Gasteiger partial charge in [-0.25, -0.2) is 18.4 Å². The minimum Gasteiger partial charge on any atom is -0.378 e. The van der Waals surface area contributed by atoms with E-state index in [1.54, 1.807) is 0 Å². The first kappa shape index (κ1) is 28.0. The molecule has 6 rings (SSSR count). The highest BCUT2D eigenvalue weighted by atomic mass is 32.2. The second kappa shape index (κ2) is 10.6. The summed E-state index contributed by atoms with van der Waals surface area (Å²) in [7, 11) is -0.979. The van der Waals surface area contributed by atoms with Crippen LogP contribution in [0.3, 0.4) is 0 Å². The number of hydrogen-bond acceptors (Lipinski definition) is 10. The van der Waals surface area contributed by atoms with Gasteiger partial charge >= 0.3 is 0 Å². The molecule has 4 aromatic rings. The third kappa shape index (κ3) is 5.55. The van der Waals surface area contributed by atoms with Gasteiger partial charge in [-0.1, -0.05) is 12.1 Å². The van der Waals surface area contributed by atoms with Crippen LogP contribution in [0.1, 0.15) is 25.5 Å². The fourth-order valence-electron chi connectivity index (χ4n) is 6.03. The zero-order valence-corrected chi connectivity index (χ0v) is 25.4. The molecular weight excluding hydrogens is 542 g/mol. The summed E-state index contributed by atoms with van der Waals surface area (Å²) in [6.45, 7) is 12.8. The molecule has 2 aliphatic heterocycles. The third-order valence-corrected chi connectivity index (χ3v) is 9.19. The first-order valence-electron chi connectivity index (χ1n) is 14.2. The zero-order chi connectivity index (χ0) is 28.9. The normalized spacial score (nSPS) is 19.0. The summed E-state index contributed by atoms with van der Waals surface area (Å²) in [6.07, 6.45) is 1.30. The maximum atomic E-state index is 11.8. The number of aromatic nitrogens is 6. The molecule has 13 heteroatoms. The number of hydrogen-bond donors (Lipinski definition) is 0. The second-order valence-corrected chi connectivity index (χ2v) is 14.1. The maximum absolute atomic E-state index is 11.8. The molecule has 0 bridgehead atoms. The van der Waals surface area contributed by atoms with E-state index >= 15 is 0 Å². The summed E-state index contributed by atoms with van der Waals surface area (Å²) < 4.78 is 33.3. The molecule has 1 aromatic carbocycles. The Kier molecular flexibility index (Phi) is 7.25. The molecule has 41 heavy (non-hydrogen) atoms. The molecule has 0 N–H and O–H groups in total. The average Bonchev–Trinajstić information content (AvgIpc) is 3.42. The Hall–Kier alpha value is -3.13. The van der Waals surface area contributed by atoms with E-state index in [4.69, 9.17) is 24.7 Å². The molecule has 0 aliphatic carbocycles. The molecule has 0 spiro atoms. The Morgan fingerprint density at radius 3 is 2.49 bits per heavy atom. The highest BCUT2D eigenvalue weighted by Crippen LogP contribution is 2.29. The highest BCUT2D eigenvalue weighted by molar-refractivity contribution is 7.90. The van der Waals surface area contributed by atoms with Crippen molar-refractivity contribution in [2.75, 3.05) is 69.4 Å². The number of sulfone groups is 1. The van der Waals surface area contributed by atoms with Crippen LogP contribution in [0.2, 0.25) is 0 Å². The van der Waals surface area contributed by atoms with Crippen LogP contribution >= 0.6 is 0 Å². The molecule has 2 fully saturated rings. The molecule has 0 saturated carbocycles. The number of nitrogens with zero attached hydrogens (tertiary/aromatic N) is 9. The maximum Gasteiger partial charge on any atom is 0.239 e. The average molecular weight is 582 g/mol. The van der Waals surface area contributed by atoms with Crippen LogP contribution in [0.25, 0.3) is 28.1 Å².